The Morgan fingerprint density at radius 1 is 1.03 bits per heavy atom. The molecule has 0 unspecified atom stereocenters. The van der Waals surface area contributed by atoms with Gasteiger partial charge in [-0.3, -0.25) is 9.78 Å². The van der Waals surface area contributed by atoms with Gasteiger partial charge in [0.1, 0.15) is 0 Å². The number of aryl methyl sites for hydroxylation is 2. The molecule has 0 aliphatic carbocycles. The summed E-state index contributed by atoms with van der Waals surface area (Å²) in [4.78, 5) is 27.3. The van der Waals surface area contributed by atoms with Crippen molar-refractivity contribution in [2.45, 2.75) is 26.8 Å². The Labute approximate surface area is 171 Å². The van der Waals surface area contributed by atoms with Crippen LogP contribution in [0.2, 0.25) is 0 Å². The molecular formula is C22H19FN6O. The first kappa shape index (κ1) is 18.4. The minimum absolute atomic E-state index is 0.191. The molecule has 0 spiro atoms. The van der Waals surface area contributed by atoms with Gasteiger partial charge in [-0.25, -0.2) is 9.97 Å². The molecule has 4 aromatic rings. The number of hydrogen-bond acceptors (Lipinski definition) is 6. The van der Waals surface area contributed by atoms with Gasteiger partial charge in [-0.05, 0) is 49.2 Å². The largest absolute Gasteiger partial charge is 0.350 e. The molecule has 150 valence electrons. The van der Waals surface area contributed by atoms with Gasteiger partial charge in [-0.2, -0.15) is 8.91 Å². The normalized spacial score (nSPS) is 13.5. The minimum Gasteiger partial charge on any atom is -0.350 e. The monoisotopic (exact) mass is 402 g/mol. The van der Waals surface area contributed by atoms with Crippen molar-refractivity contribution in [3.8, 4) is 11.1 Å². The van der Waals surface area contributed by atoms with Crippen LogP contribution in [-0.2, 0) is 13.0 Å². The van der Waals surface area contributed by atoms with E-state index >= 15 is 0 Å². The molecule has 1 aliphatic heterocycles. The molecule has 0 fully saturated rings. The fraction of sp³-hybridized carbons (Fsp3) is 0.227. The molecule has 0 amide bonds. The van der Waals surface area contributed by atoms with Crippen LogP contribution in [0.4, 0.5) is 10.2 Å². The van der Waals surface area contributed by atoms with Crippen LogP contribution in [0.25, 0.3) is 16.8 Å². The van der Waals surface area contributed by atoms with Gasteiger partial charge in [-0.15, -0.1) is 5.10 Å². The van der Waals surface area contributed by atoms with Crippen LogP contribution in [0.1, 0.15) is 22.5 Å². The lowest BCUT2D eigenvalue weighted by atomic mass is 10.0. The fourth-order valence-corrected chi connectivity index (χ4v) is 3.86. The van der Waals surface area contributed by atoms with E-state index in [4.69, 9.17) is 0 Å². The number of pyridine rings is 2. The highest BCUT2D eigenvalue weighted by Gasteiger charge is 2.21. The summed E-state index contributed by atoms with van der Waals surface area (Å²) in [6.07, 6.45) is 4.09. The predicted octanol–water partition coefficient (Wildman–Crippen LogP) is 2.87. The summed E-state index contributed by atoms with van der Waals surface area (Å²) in [7, 11) is 0. The SMILES string of the molecule is Cc1cc(=O)n2nc(N3CCc4ncc(-c5ccc(F)nc5)cc4C3)c(C)cc2n1. The molecule has 0 bridgehead atoms. The van der Waals surface area contributed by atoms with Crippen LogP contribution in [0, 0.1) is 19.8 Å². The third kappa shape index (κ3) is 3.20. The van der Waals surface area contributed by atoms with Crippen molar-refractivity contribution in [2.75, 3.05) is 11.4 Å². The van der Waals surface area contributed by atoms with E-state index in [2.05, 4.69) is 31.0 Å². The van der Waals surface area contributed by atoms with Gasteiger partial charge in [0.05, 0.1) is 0 Å². The maximum absolute atomic E-state index is 13.1. The second-order valence-corrected chi connectivity index (χ2v) is 7.53. The molecule has 4 aromatic heterocycles. The van der Waals surface area contributed by atoms with Gasteiger partial charge in [0.2, 0.25) is 5.95 Å². The lowest BCUT2D eigenvalue weighted by Crippen LogP contribution is -2.33. The van der Waals surface area contributed by atoms with Crippen molar-refractivity contribution in [3.63, 3.8) is 0 Å². The number of hydrogen-bond donors (Lipinski definition) is 0. The molecule has 5 heterocycles. The summed E-state index contributed by atoms with van der Waals surface area (Å²) in [5.74, 6) is 0.253. The molecule has 0 radical (unpaired) electrons. The molecule has 0 aromatic carbocycles. The standard InChI is InChI=1S/C22H19FN6O/c1-13-7-20-26-14(2)8-21(30)29(20)27-22(13)28-6-5-18-17(12-28)9-16(11-24-18)15-3-4-19(23)25-10-15/h3-4,7-11H,5-6,12H2,1-2H3. The highest BCUT2D eigenvalue weighted by Crippen LogP contribution is 2.28. The van der Waals surface area contributed by atoms with Crippen molar-refractivity contribution < 1.29 is 4.39 Å². The molecule has 30 heavy (non-hydrogen) atoms. The number of nitrogens with zero attached hydrogens (tertiary/aromatic N) is 6. The van der Waals surface area contributed by atoms with Crippen LogP contribution in [0.5, 0.6) is 0 Å². The number of halogens is 1. The molecule has 0 atom stereocenters. The lowest BCUT2D eigenvalue weighted by Gasteiger charge is -2.30. The molecule has 1 aliphatic rings. The third-order valence-corrected chi connectivity index (χ3v) is 5.34. The van der Waals surface area contributed by atoms with Crippen LogP contribution < -0.4 is 10.5 Å². The third-order valence-electron chi connectivity index (χ3n) is 5.34. The van der Waals surface area contributed by atoms with Crippen molar-refractivity contribution >= 4 is 11.5 Å². The number of fused-ring (bicyclic) bond motifs is 2. The zero-order valence-electron chi connectivity index (χ0n) is 16.6. The smallest absolute Gasteiger partial charge is 0.274 e. The summed E-state index contributed by atoms with van der Waals surface area (Å²) in [5, 5.41) is 4.60. The first-order valence-electron chi connectivity index (χ1n) is 9.71. The van der Waals surface area contributed by atoms with Gasteiger partial charge >= 0.3 is 0 Å². The fourth-order valence-electron chi connectivity index (χ4n) is 3.86. The molecule has 7 nitrogen and oxygen atoms in total. The first-order valence-corrected chi connectivity index (χ1v) is 9.71. The van der Waals surface area contributed by atoms with Gasteiger partial charge in [0.25, 0.3) is 5.56 Å². The summed E-state index contributed by atoms with van der Waals surface area (Å²) >= 11 is 0. The minimum atomic E-state index is -0.506. The highest BCUT2D eigenvalue weighted by atomic mass is 19.1. The zero-order chi connectivity index (χ0) is 20.8. The molecule has 0 N–H and O–H groups in total. The molecule has 0 saturated carbocycles. The van der Waals surface area contributed by atoms with E-state index in [1.165, 1.54) is 22.8 Å². The van der Waals surface area contributed by atoms with Gasteiger partial charge in [0.15, 0.2) is 11.5 Å². The van der Waals surface area contributed by atoms with Crippen molar-refractivity contribution in [1.82, 2.24) is 24.6 Å². The van der Waals surface area contributed by atoms with Crippen molar-refractivity contribution in [1.29, 1.82) is 0 Å². The molecule has 0 saturated heterocycles. The molecular weight excluding hydrogens is 383 g/mol. The summed E-state index contributed by atoms with van der Waals surface area (Å²) in [6, 6.07) is 8.49. The topological polar surface area (TPSA) is 76.3 Å². The number of rotatable bonds is 2. The molecule has 5 rings (SSSR count). The lowest BCUT2D eigenvalue weighted by molar-refractivity contribution is 0.584. The first-order chi connectivity index (χ1) is 14.5. The molecule has 8 heteroatoms. The number of anilines is 1. The predicted molar refractivity (Wildman–Crippen MR) is 111 cm³/mol. The van der Waals surface area contributed by atoms with Gasteiger partial charge in [-0.1, -0.05) is 0 Å². The van der Waals surface area contributed by atoms with Crippen LogP contribution in [-0.4, -0.2) is 31.1 Å². The Morgan fingerprint density at radius 2 is 1.87 bits per heavy atom. The summed E-state index contributed by atoms with van der Waals surface area (Å²) < 4.78 is 14.5. The Kier molecular flexibility index (Phi) is 4.27. The van der Waals surface area contributed by atoms with E-state index in [0.717, 1.165) is 46.7 Å². The second-order valence-electron chi connectivity index (χ2n) is 7.53. The van der Waals surface area contributed by atoms with E-state index in [1.54, 1.807) is 19.2 Å². The maximum atomic E-state index is 13.1. The van der Waals surface area contributed by atoms with Crippen LogP contribution in [0.15, 0.2) is 47.5 Å². The van der Waals surface area contributed by atoms with Crippen LogP contribution >= 0.6 is 0 Å². The van der Waals surface area contributed by atoms with Gasteiger partial charge in [0, 0.05) is 60.5 Å². The zero-order valence-corrected chi connectivity index (χ0v) is 16.6. The summed E-state index contributed by atoms with van der Waals surface area (Å²) in [5.41, 5.74) is 5.82. The quantitative estimate of drug-likeness (QED) is 0.480. The van der Waals surface area contributed by atoms with E-state index in [-0.39, 0.29) is 5.56 Å². The summed E-state index contributed by atoms with van der Waals surface area (Å²) in [6.45, 7) is 5.15. The van der Waals surface area contributed by atoms with Crippen molar-refractivity contribution in [2.24, 2.45) is 0 Å². The Morgan fingerprint density at radius 3 is 2.67 bits per heavy atom. The average molecular weight is 402 g/mol. The van der Waals surface area contributed by atoms with E-state index in [9.17, 15) is 9.18 Å². The number of aromatic nitrogens is 5. The maximum Gasteiger partial charge on any atom is 0.274 e. The van der Waals surface area contributed by atoms with Crippen LogP contribution in [0.3, 0.4) is 0 Å². The highest BCUT2D eigenvalue weighted by molar-refractivity contribution is 5.63. The van der Waals surface area contributed by atoms with E-state index in [1.807, 2.05) is 13.0 Å². The van der Waals surface area contributed by atoms with Crippen molar-refractivity contribution in [3.05, 3.63) is 81.5 Å². The van der Waals surface area contributed by atoms with E-state index in [0.29, 0.717) is 17.9 Å². The van der Waals surface area contributed by atoms with Gasteiger partial charge < -0.3 is 4.90 Å². The Bertz CT molecular complexity index is 1330. The second kappa shape index (κ2) is 6.98. The van der Waals surface area contributed by atoms with E-state index < -0.39 is 5.95 Å². The Hall–Kier alpha value is -3.68. The Balaban J connectivity index is 1.52. The average Bonchev–Trinajstić information content (AvgIpc) is 2.73.